The molecule has 4 nitrogen and oxygen atoms in total. The van der Waals surface area contributed by atoms with E-state index in [-0.39, 0.29) is 21.7 Å². The van der Waals surface area contributed by atoms with Crippen molar-refractivity contribution in [3.63, 3.8) is 0 Å². The maximum atomic E-state index is 11.6. The van der Waals surface area contributed by atoms with Gasteiger partial charge in [0.2, 0.25) is 0 Å². The molecule has 0 aliphatic rings. The van der Waals surface area contributed by atoms with E-state index in [0.717, 1.165) is 0 Å². The van der Waals surface area contributed by atoms with Crippen LogP contribution >= 0.6 is 34.5 Å². The van der Waals surface area contributed by atoms with E-state index in [4.69, 9.17) is 23.2 Å². The van der Waals surface area contributed by atoms with E-state index in [1.165, 1.54) is 29.7 Å². The summed E-state index contributed by atoms with van der Waals surface area (Å²) in [6.45, 7) is 0. The average Bonchev–Trinajstić information content (AvgIpc) is 2.89. The molecule has 2 aromatic rings. The Balaban J connectivity index is 2.05. The fourth-order valence-electron chi connectivity index (χ4n) is 1.29. The van der Waals surface area contributed by atoms with E-state index in [9.17, 15) is 9.90 Å². The Morgan fingerprint density at radius 2 is 2.05 bits per heavy atom. The zero-order chi connectivity index (χ0) is 13.8. The van der Waals surface area contributed by atoms with Crippen molar-refractivity contribution in [1.29, 1.82) is 0 Å². The Labute approximate surface area is 123 Å². The lowest BCUT2D eigenvalue weighted by Gasteiger charge is -2.01. The molecule has 0 bridgehead atoms. The summed E-state index contributed by atoms with van der Waals surface area (Å²) < 4.78 is 0. The normalized spacial score (nSPS) is 10.8. The second-order valence-corrected chi connectivity index (χ2v) is 5.27. The molecule has 19 heavy (non-hydrogen) atoms. The molecule has 2 N–H and O–H groups in total. The monoisotopic (exact) mass is 314 g/mol. The third-order valence-corrected chi connectivity index (χ3v) is 3.61. The standard InChI is InChI=1S/C12H8Cl2N2O2S/c13-8-4-7(5-9(14)11(8)17)6-15-16-12(18)10-2-1-3-19-10/h1-6,17H,(H,16,18)/b15-6-. The van der Waals surface area contributed by atoms with Gasteiger partial charge in [-0.25, -0.2) is 5.43 Å². The number of amides is 1. The summed E-state index contributed by atoms with van der Waals surface area (Å²) in [5.41, 5.74) is 2.95. The molecule has 0 saturated heterocycles. The summed E-state index contributed by atoms with van der Waals surface area (Å²) >= 11 is 12.8. The molecule has 0 unspecified atom stereocenters. The van der Waals surface area contributed by atoms with E-state index < -0.39 is 0 Å². The van der Waals surface area contributed by atoms with Crippen molar-refractivity contribution in [1.82, 2.24) is 5.43 Å². The highest BCUT2D eigenvalue weighted by Gasteiger charge is 2.06. The molecule has 0 spiro atoms. The summed E-state index contributed by atoms with van der Waals surface area (Å²) in [5, 5.41) is 15.2. The number of thiophene rings is 1. The van der Waals surface area contributed by atoms with Gasteiger partial charge in [-0.05, 0) is 29.1 Å². The van der Waals surface area contributed by atoms with Crippen LogP contribution in [-0.4, -0.2) is 17.2 Å². The molecule has 0 aliphatic carbocycles. The molecule has 1 amide bonds. The fourth-order valence-corrected chi connectivity index (χ4v) is 2.41. The van der Waals surface area contributed by atoms with Crippen molar-refractivity contribution in [2.45, 2.75) is 0 Å². The van der Waals surface area contributed by atoms with Gasteiger partial charge in [0.1, 0.15) is 0 Å². The first-order chi connectivity index (χ1) is 9.08. The molecule has 0 radical (unpaired) electrons. The highest BCUT2D eigenvalue weighted by atomic mass is 35.5. The third kappa shape index (κ3) is 3.47. The molecule has 1 heterocycles. The zero-order valence-corrected chi connectivity index (χ0v) is 11.8. The number of hydrogen-bond donors (Lipinski definition) is 2. The summed E-state index contributed by atoms with van der Waals surface area (Å²) in [6.07, 6.45) is 1.39. The van der Waals surface area contributed by atoms with Crippen molar-refractivity contribution in [3.05, 3.63) is 50.1 Å². The molecule has 1 aromatic carbocycles. The first-order valence-corrected chi connectivity index (χ1v) is 6.76. The van der Waals surface area contributed by atoms with Crippen molar-refractivity contribution in [3.8, 4) is 5.75 Å². The number of phenolic OH excluding ortho intramolecular Hbond substituents is 1. The summed E-state index contributed by atoms with van der Waals surface area (Å²) in [7, 11) is 0. The number of rotatable bonds is 3. The quantitative estimate of drug-likeness (QED) is 0.672. The number of halogens is 2. The van der Waals surface area contributed by atoms with Gasteiger partial charge in [-0.2, -0.15) is 5.10 Å². The Hall–Kier alpha value is -1.56. The van der Waals surface area contributed by atoms with Gasteiger partial charge in [0.25, 0.3) is 5.91 Å². The van der Waals surface area contributed by atoms with Crippen LogP contribution in [0.3, 0.4) is 0 Å². The van der Waals surface area contributed by atoms with Crippen LogP contribution in [0.5, 0.6) is 5.75 Å². The first kappa shape index (κ1) is 13.9. The van der Waals surface area contributed by atoms with Crippen LogP contribution in [0.4, 0.5) is 0 Å². The van der Waals surface area contributed by atoms with E-state index >= 15 is 0 Å². The molecular formula is C12H8Cl2N2O2S. The van der Waals surface area contributed by atoms with E-state index in [2.05, 4.69) is 10.5 Å². The Morgan fingerprint density at radius 1 is 1.37 bits per heavy atom. The second kappa shape index (κ2) is 6.06. The van der Waals surface area contributed by atoms with E-state index in [1.54, 1.807) is 17.5 Å². The lowest BCUT2D eigenvalue weighted by atomic mass is 10.2. The Morgan fingerprint density at radius 3 is 2.63 bits per heavy atom. The zero-order valence-electron chi connectivity index (χ0n) is 9.43. The molecule has 98 valence electrons. The molecular weight excluding hydrogens is 307 g/mol. The van der Waals surface area contributed by atoms with Crippen LogP contribution in [0.15, 0.2) is 34.7 Å². The van der Waals surface area contributed by atoms with Gasteiger partial charge >= 0.3 is 0 Å². The van der Waals surface area contributed by atoms with Crippen molar-refractivity contribution in [2.75, 3.05) is 0 Å². The third-order valence-electron chi connectivity index (χ3n) is 2.16. The van der Waals surface area contributed by atoms with Gasteiger partial charge in [0.05, 0.1) is 21.1 Å². The minimum atomic E-state index is -0.290. The number of phenols is 1. The highest BCUT2D eigenvalue weighted by molar-refractivity contribution is 7.12. The lowest BCUT2D eigenvalue weighted by Crippen LogP contribution is -2.16. The minimum absolute atomic E-state index is 0.124. The number of benzene rings is 1. The lowest BCUT2D eigenvalue weighted by molar-refractivity contribution is 0.0959. The second-order valence-electron chi connectivity index (χ2n) is 3.51. The molecule has 0 fully saturated rings. The predicted octanol–water partition coefficient (Wildman–Crippen LogP) is 3.52. The largest absolute Gasteiger partial charge is 0.505 e. The first-order valence-electron chi connectivity index (χ1n) is 5.13. The van der Waals surface area contributed by atoms with Gasteiger partial charge in [-0.15, -0.1) is 11.3 Å². The predicted molar refractivity (Wildman–Crippen MR) is 77.5 cm³/mol. The van der Waals surface area contributed by atoms with Crippen LogP contribution in [0, 0.1) is 0 Å². The molecule has 7 heteroatoms. The number of aromatic hydroxyl groups is 1. The summed E-state index contributed by atoms with van der Waals surface area (Å²) in [4.78, 5) is 12.1. The van der Waals surface area contributed by atoms with Crippen molar-refractivity contribution >= 4 is 46.7 Å². The van der Waals surface area contributed by atoms with Crippen LogP contribution < -0.4 is 5.43 Å². The molecule has 0 saturated carbocycles. The minimum Gasteiger partial charge on any atom is -0.505 e. The highest BCUT2D eigenvalue weighted by Crippen LogP contribution is 2.32. The Bertz CT molecular complexity index is 604. The number of hydrogen-bond acceptors (Lipinski definition) is 4. The van der Waals surface area contributed by atoms with Crippen LogP contribution in [0.2, 0.25) is 10.0 Å². The maximum Gasteiger partial charge on any atom is 0.281 e. The number of nitrogens with zero attached hydrogens (tertiary/aromatic N) is 1. The molecule has 0 atom stereocenters. The summed E-state index contributed by atoms with van der Waals surface area (Å²) in [5.74, 6) is -0.467. The maximum absolute atomic E-state index is 11.6. The van der Waals surface area contributed by atoms with Crippen molar-refractivity contribution < 1.29 is 9.90 Å². The van der Waals surface area contributed by atoms with E-state index in [0.29, 0.717) is 10.4 Å². The number of nitrogens with one attached hydrogen (secondary N) is 1. The fraction of sp³-hybridized carbons (Fsp3) is 0. The van der Waals surface area contributed by atoms with E-state index in [1.807, 2.05) is 0 Å². The van der Waals surface area contributed by atoms with Crippen molar-refractivity contribution in [2.24, 2.45) is 5.10 Å². The smallest absolute Gasteiger partial charge is 0.281 e. The SMILES string of the molecule is O=C(N/N=C\c1cc(Cl)c(O)c(Cl)c1)c1cccs1. The molecule has 2 rings (SSSR count). The number of carbonyl (C=O) groups is 1. The van der Waals surface area contributed by atoms with Gasteiger partial charge < -0.3 is 5.11 Å². The van der Waals surface area contributed by atoms with Gasteiger partial charge in [-0.1, -0.05) is 29.3 Å². The number of hydrazone groups is 1. The topological polar surface area (TPSA) is 61.7 Å². The Kier molecular flexibility index (Phi) is 4.42. The average molecular weight is 315 g/mol. The summed E-state index contributed by atoms with van der Waals surface area (Å²) in [6, 6.07) is 6.46. The van der Waals surface area contributed by atoms with Crippen LogP contribution in [-0.2, 0) is 0 Å². The molecule has 0 aliphatic heterocycles. The number of carbonyl (C=O) groups excluding carboxylic acids is 1. The van der Waals surface area contributed by atoms with Crippen LogP contribution in [0.25, 0.3) is 0 Å². The van der Waals surface area contributed by atoms with Gasteiger partial charge in [-0.3, -0.25) is 4.79 Å². The van der Waals surface area contributed by atoms with Gasteiger partial charge in [0.15, 0.2) is 5.75 Å². The van der Waals surface area contributed by atoms with Crippen LogP contribution in [0.1, 0.15) is 15.2 Å². The van der Waals surface area contributed by atoms with Gasteiger partial charge in [0, 0.05) is 0 Å². The molecule has 1 aromatic heterocycles.